The Morgan fingerprint density at radius 2 is 1.45 bits per heavy atom. The average Bonchev–Trinajstić information content (AvgIpc) is 2.92. The molecule has 0 aliphatic heterocycles. The Hall–Kier alpha value is -4.69. The SMILES string of the molecule is O=Cc1cc(OCc2cc(COc3ccc([N+](=O)[O-])c(CO)c3)cc(OCC(=O)NS)c2)ccc1[N+](=O)[O-]. The lowest BCUT2D eigenvalue weighted by atomic mass is 10.1. The van der Waals surface area contributed by atoms with E-state index in [0.29, 0.717) is 23.2 Å². The zero-order valence-electron chi connectivity index (χ0n) is 19.6. The Kier molecular flexibility index (Phi) is 9.56. The number of nitrogens with one attached hydrogen (secondary N) is 1. The van der Waals surface area contributed by atoms with Crippen molar-refractivity contribution in [2.24, 2.45) is 0 Å². The molecule has 198 valence electrons. The first kappa shape index (κ1) is 27.9. The molecule has 0 radical (unpaired) electrons. The van der Waals surface area contributed by atoms with E-state index in [9.17, 15) is 34.9 Å². The summed E-state index contributed by atoms with van der Waals surface area (Å²) >= 11 is 3.68. The van der Waals surface area contributed by atoms with Crippen LogP contribution in [0.2, 0.25) is 0 Å². The molecule has 0 spiro atoms. The van der Waals surface area contributed by atoms with Crippen LogP contribution in [0, 0.1) is 20.2 Å². The fraction of sp³-hybridized carbons (Fsp3) is 0.167. The van der Waals surface area contributed by atoms with Crippen LogP contribution in [0.15, 0.2) is 54.6 Å². The number of aliphatic hydroxyl groups excluding tert-OH is 1. The molecular weight excluding hydrogens is 522 g/mol. The van der Waals surface area contributed by atoms with Crippen molar-refractivity contribution in [1.29, 1.82) is 0 Å². The predicted octanol–water partition coefficient (Wildman–Crippen LogP) is 3.31. The maximum atomic E-state index is 11.5. The minimum absolute atomic E-state index is 0.00152. The van der Waals surface area contributed by atoms with Crippen LogP contribution in [0.4, 0.5) is 11.4 Å². The molecule has 2 N–H and O–H groups in total. The number of aldehydes is 1. The minimum atomic E-state index is -0.671. The molecule has 13 nitrogen and oxygen atoms in total. The summed E-state index contributed by atoms with van der Waals surface area (Å²) < 4.78 is 19.1. The zero-order chi connectivity index (χ0) is 27.7. The van der Waals surface area contributed by atoms with Gasteiger partial charge in [0.1, 0.15) is 30.5 Å². The van der Waals surface area contributed by atoms with Gasteiger partial charge in [0.25, 0.3) is 17.3 Å². The number of nitro groups is 2. The molecule has 0 bridgehead atoms. The first-order valence-corrected chi connectivity index (χ1v) is 11.2. The predicted molar refractivity (Wildman–Crippen MR) is 135 cm³/mol. The Bertz CT molecular complexity index is 1370. The maximum absolute atomic E-state index is 11.5. The quantitative estimate of drug-likeness (QED) is 0.125. The molecule has 14 heteroatoms. The summed E-state index contributed by atoms with van der Waals surface area (Å²) in [5.74, 6) is 0.324. The summed E-state index contributed by atoms with van der Waals surface area (Å²) in [6, 6.07) is 12.7. The summed E-state index contributed by atoms with van der Waals surface area (Å²) in [5, 5.41) is 31.5. The van der Waals surface area contributed by atoms with Crippen LogP contribution >= 0.6 is 12.8 Å². The second kappa shape index (κ2) is 13.0. The number of nitrogens with zero attached hydrogens (tertiary/aromatic N) is 2. The molecule has 0 heterocycles. The van der Waals surface area contributed by atoms with E-state index >= 15 is 0 Å². The van der Waals surface area contributed by atoms with Crippen molar-refractivity contribution < 1.29 is 38.8 Å². The van der Waals surface area contributed by atoms with Crippen LogP contribution in [0.5, 0.6) is 17.2 Å². The third kappa shape index (κ3) is 7.41. The Labute approximate surface area is 220 Å². The Morgan fingerprint density at radius 1 is 0.868 bits per heavy atom. The number of ether oxygens (including phenoxy) is 3. The number of amides is 1. The first-order chi connectivity index (χ1) is 18.2. The smallest absolute Gasteiger partial charge is 0.280 e. The standard InChI is InChI=1S/C24H21N3O10S/c28-10-17-8-19(1-3-22(17)26(31)32)35-12-15-5-16(7-21(6-15)37-14-24(30)25-38)13-36-20-2-4-23(27(33)34)18(9-20)11-29/h1-10,29,38H,11-14H2,(H,25,30). The van der Waals surface area contributed by atoms with Gasteiger partial charge in [-0.2, -0.15) is 0 Å². The van der Waals surface area contributed by atoms with E-state index in [0.717, 1.165) is 0 Å². The van der Waals surface area contributed by atoms with Crippen molar-refractivity contribution >= 4 is 36.4 Å². The van der Waals surface area contributed by atoms with E-state index in [4.69, 9.17) is 14.2 Å². The monoisotopic (exact) mass is 543 g/mol. The van der Waals surface area contributed by atoms with Crippen LogP contribution in [0.3, 0.4) is 0 Å². The second-order valence-electron chi connectivity index (χ2n) is 7.69. The lowest BCUT2D eigenvalue weighted by Gasteiger charge is -2.13. The number of rotatable bonds is 13. The van der Waals surface area contributed by atoms with Crippen molar-refractivity contribution in [3.05, 3.63) is 97.1 Å². The van der Waals surface area contributed by atoms with Crippen LogP contribution in [0.25, 0.3) is 0 Å². The molecule has 0 saturated carbocycles. The van der Waals surface area contributed by atoms with Crippen LogP contribution in [0.1, 0.15) is 27.0 Å². The number of hydrogen-bond donors (Lipinski definition) is 3. The van der Waals surface area contributed by atoms with E-state index in [2.05, 4.69) is 17.5 Å². The highest BCUT2D eigenvalue weighted by Gasteiger charge is 2.16. The maximum Gasteiger partial charge on any atom is 0.280 e. The van der Waals surface area contributed by atoms with Crippen molar-refractivity contribution in [2.75, 3.05) is 6.61 Å². The number of benzene rings is 3. The highest BCUT2D eigenvalue weighted by atomic mass is 32.1. The van der Waals surface area contributed by atoms with Crippen molar-refractivity contribution in [1.82, 2.24) is 4.72 Å². The molecule has 3 aromatic rings. The van der Waals surface area contributed by atoms with Crippen LogP contribution in [-0.4, -0.2) is 33.8 Å². The fourth-order valence-electron chi connectivity index (χ4n) is 3.33. The van der Waals surface area contributed by atoms with Gasteiger partial charge in [-0.3, -0.25) is 34.5 Å². The van der Waals surface area contributed by atoms with Gasteiger partial charge in [0.15, 0.2) is 12.9 Å². The number of aliphatic hydroxyl groups is 1. The molecule has 0 atom stereocenters. The molecule has 0 aromatic heterocycles. The zero-order valence-corrected chi connectivity index (χ0v) is 20.5. The summed E-state index contributed by atoms with van der Waals surface area (Å²) in [6.45, 7) is -0.884. The molecule has 0 aliphatic carbocycles. The van der Waals surface area contributed by atoms with E-state index in [-0.39, 0.29) is 53.8 Å². The van der Waals surface area contributed by atoms with Gasteiger partial charge in [-0.25, -0.2) is 0 Å². The van der Waals surface area contributed by atoms with E-state index < -0.39 is 22.4 Å². The summed E-state index contributed by atoms with van der Waals surface area (Å²) in [7, 11) is 0. The van der Waals surface area contributed by atoms with E-state index in [1.54, 1.807) is 18.2 Å². The molecule has 3 rings (SSSR count). The average molecular weight is 544 g/mol. The van der Waals surface area contributed by atoms with Gasteiger partial charge in [0, 0.05) is 12.1 Å². The third-order valence-electron chi connectivity index (χ3n) is 5.07. The molecule has 0 unspecified atom stereocenters. The highest BCUT2D eigenvalue weighted by molar-refractivity contribution is 7.78. The number of carbonyl (C=O) groups excluding carboxylic acids is 2. The second-order valence-corrected chi connectivity index (χ2v) is 7.91. The third-order valence-corrected chi connectivity index (χ3v) is 5.32. The first-order valence-electron chi connectivity index (χ1n) is 10.8. The summed E-state index contributed by atoms with van der Waals surface area (Å²) in [6.07, 6.45) is 0.363. The number of thiol groups is 1. The van der Waals surface area contributed by atoms with Crippen molar-refractivity contribution in [2.45, 2.75) is 19.8 Å². The lowest BCUT2D eigenvalue weighted by molar-refractivity contribution is -0.385. The van der Waals surface area contributed by atoms with E-state index in [1.807, 2.05) is 0 Å². The van der Waals surface area contributed by atoms with Gasteiger partial charge in [0.05, 0.1) is 27.6 Å². The largest absolute Gasteiger partial charge is 0.489 e. The molecule has 1 amide bonds. The van der Waals surface area contributed by atoms with Gasteiger partial charge in [-0.1, -0.05) is 12.8 Å². The fourth-order valence-corrected chi connectivity index (χ4v) is 3.40. The normalized spacial score (nSPS) is 10.4. The van der Waals surface area contributed by atoms with Crippen molar-refractivity contribution in [3.8, 4) is 17.2 Å². The minimum Gasteiger partial charge on any atom is -0.489 e. The Morgan fingerprint density at radius 3 is 1.97 bits per heavy atom. The molecule has 0 fully saturated rings. The molecule has 3 aromatic carbocycles. The van der Waals surface area contributed by atoms with Gasteiger partial charge in [-0.15, -0.1) is 0 Å². The van der Waals surface area contributed by atoms with Gasteiger partial charge >= 0.3 is 0 Å². The van der Waals surface area contributed by atoms with Crippen molar-refractivity contribution in [3.63, 3.8) is 0 Å². The number of carbonyl (C=O) groups is 2. The van der Waals surface area contributed by atoms with Gasteiger partial charge in [-0.05, 0) is 53.6 Å². The highest BCUT2D eigenvalue weighted by Crippen LogP contribution is 2.27. The number of hydrogen-bond acceptors (Lipinski definition) is 11. The number of nitro benzene ring substituents is 2. The summed E-state index contributed by atoms with van der Waals surface area (Å²) in [4.78, 5) is 43.6. The summed E-state index contributed by atoms with van der Waals surface area (Å²) in [5.41, 5.74) is 0.545. The van der Waals surface area contributed by atoms with E-state index in [1.165, 1.54) is 36.4 Å². The Balaban J connectivity index is 1.80. The topological polar surface area (TPSA) is 180 Å². The molecule has 38 heavy (non-hydrogen) atoms. The van der Waals surface area contributed by atoms with Crippen LogP contribution in [-0.2, 0) is 24.6 Å². The molecule has 0 saturated heterocycles. The molecule has 0 aliphatic rings. The molecular formula is C24H21N3O10S. The van der Waals surface area contributed by atoms with Crippen LogP contribution < -0.4 is 18.9 Å². The lowest BCUT2D eigenvalue weighted by Crippen LogP contribution is -2.21. The van der Waals surface area contributed by atoms with Gasteiger partial charge < -0.3 is 19.3 Å². The van der Waals surface area contributed by atoms with Gasteiger partial charge in [0.2, 0.25) is 0 Å².